The number of ether oxygens (including phenoxy) is 4. The van der Waals surface area contributed by atoms with E-state index >= 15 is 0 Å². The molecule has 42 heavy (non-hydrogen) atoms. The van der Waals surface area contributed by atoms with E-state index in [4.69, 9.17) is 18.9 Å². The highest BCUT2D eigenvalue weighted by molar-refractivity contribution is 9.10. The van der Waals surface area contributed by atoms with Crippen LogP contribution in [0.5, 0.6) is 17.2 Å². The zero-order valence-corrected chi connectivity index (χ0v) is 26.9. The Bertz CT molecular complexity index is 1480. The summed E-state index contributed by atoms with van der Waals surface area (Å²) in [5.41, 5.74) is 3.79. The van der Waals surface area contributed by atoms with Gasteiger partial charge in [-0.25, -0.2) is 0 Å². The maximum atomic E-state index is 6.70. The second kappa shape index (κ2) is 12.8. The number of halogens is 2. The van der Waals surface area contributed by atoms with Gasteiger partial charge in [-0.3, -0.25) is 10.2 Å². The van der Waals surface area contributed by atoms with Gasteiger partial charge in [-0.2, -0.15) is 0 Å². The molecule has 1 N–H and O–H groups in total. The number of benzene rings is 4. The first-order valence-electron chi connectivity index (χ1n) is 14.1. The number of nitrogens with one attached hydrogen (secondary N) is 1. The van der Waals surface area contributed by atoms with Crippen molar-refractivity contribution in [1.82, 2.24) is 10.2 Å². The van der Waals surface area contributed by atoms with Gasteiger partial charge in [-0.1, -0.05) is 72.8 Å². The van der Waals surface area contributed by atoms with Gasteiger partial charge < -0.3 is 18.9 Å². The molecule has 0 spiro atoms. The molecule has 0 bridgehead atoms. The molecule has 2 heterocycles. The Labute approximate surface area is 264 Å². The summed E-state index contributed by atoms with van der Waals surface area (Å²) in [6, 6.07) is 31.2. The number of hydrogen-bond acceptors (Lipinski definition) is 6. The average Bonchev–Trinajstić information content (AvgIpc) is 3.02. The first-order chi connectivity index (χ1) is 20.5. The summed E-state index contributed by atoms with van der Waals surface area (Å²) in [6.45, 7) is 1.35. The fraction of sp³-hybridized carbons (Fsp3) is 0.294. The van der Waals surface area contributed by atoms with Crippen LogP contribution in [0.1, 0.15) is 28.7 Å². The lowest BCUT2D eigenvalue weighted by Gasteiger charge is -2.52. The smallest absolute Gasteiger partial charge is 0.232 e. The first kappa shape index (κ1) is 29.2. The molecule has 0 radical (unpaired) electrons. The van der Waals surface area contributed by atoms with Crippen LogP contribution in [0.4, 0.5) is 0 Å². The molecule has 2 aliphatic heterocycles. The molecule has 0 saturated carbocycles. The SMILES string of the molecule is COc1ccc(Br)c2c1CC[C@H](NC1(N(Cc3ccccc3)Cc3ccccc3)Cc3cccc(Br)c3O[C@H]1OC)O2. The third-order valence-corrected chi connectivity index (χ3v) is 9.30. The number of rotatable bonds is 9. The summed E-state index contributed by atoms with van der Waals surface area (Å²) in [7, 11) is 3.41. The topological polar surface area (TPSA) is 52.2 Å². The molecular formula is C34H34Br2N2O4. The molecule has 0 aliphatic carbocycles. The van der Waals surface area contributed by atoms with E-state index in [1.165, 1.54) is 11.1 Å². The minimum absolute atomic E-state index is 0.301. The van der Waals surface area contributed by atoms with E-state index in [-0.39, 0.29) is 6.23 Å². The molecule has 6 rings (SSSR count). The Kier molecular flexibility index (Phi) is 8.88. The minimum atomic E-state index is -0.776. The fourth-order valence-corrected chi connectivity index (χ4v) is 7.02. The molecule has 4 aromatic rings. The molecular weight excluding hydrogens is 660 g/mol. The van der Waals surface area contributed by atoms with Crippen molar-refractivity contribution in [3.05, 3.63) is 122 Å². The predicted octanol–water partition coefficient (Wildman–Crippen LogP) is 7.47. The lowest BCUT2D eigenvalue weighted by molar-refractivity contribution is -0.196. The van der Waals surface area contributed by atoms with Crippen LogP contribution in [0.2, 0.25) is 0 Å². The van der Waals surface area contributed by atoms with Crippen LogP contribution in [-0.4, -0.2) is 37.3 Å². The molecule has 1 unspecified atom stereocenters. The van der Waals surface area contributed by atoms with Crippen LogP contribution in [0, 0.1) is 0 Å². The highest BCUT2D eigenvalue weighted by atomic mass is 79.9. The lowest BCUT2D eigenvalue weighted by atomic mass is 9.91. The van der Waals surface area contributed by atoms with Gasteiger partial charge in [-0.15, -0.1) is 0 Å². The summed E-state index contributed by atoms with van der Waals surface area (Å²) in [5, 5.41) is 3.96. The summed E-state index contributed by atoms with van der Waals surface area (Å²) >= 11 is 7.41. The van der Waals surface area contributed by atoms with Gasteiger partial charge in [0.2, 0.25) is 6.29 Å². The average molecular weight is 694 g/mol. The number of methoxy groups -OCH3 is 2. The van der Waals surface area contributed by atoms with Gasteiger partial charge in [0.05, 0.1) is 16.1 Å². The molecule has 6 nitrogen and oxygen atoms in total. The van der Waals surface area contributed by atoms with Crippen LogP contribution in [-0.2, 0) is 30.7 Å². The summed E-state index contributed by atoms with van der Waals surface area (Å²) in [5.74, 6) is 2.45. The number of nitrogens with zero attached hydrogens (tertiary/aromatic N) is 1. The standard InChI is InChI=1S/C34H34Br2N2O4/c1-39-29-18-17-28(36)32-26(29)16-19-30(41-32)37-34(20-25-14-9-15-27(35)31(25)42-33(34)40-2)38(21-23-10-5-3-6-11-23)22-24-12-7-4-8-13-24/h3-15,17-18,30,33,37H,16,19-22H2,1-2H3/t30-,33-,34?/m1/s1. The second-order valence-electron chi connectivity index (χ2n) is 10.7. The van der Waals surface area contributed by atoms with Crippen molar-refractivity contribution >= 4 is 31.9 Å². The third-order valence-electron chi connectivity index (χ3n) is 8.05. The normalized spacial score (nSPS) is 21.2. The second-order valence-corrected chi connectivity index (χ2v) is 12.4. The predicted molar refractivity (Wildman–Crippen MR) is 171 cm³/mol. The molecule has 3 atom stereocenters. The summed E-state index contributed by atoms with van der Waals surface area (Å²) in [4.78, 5) is 2.44. The van der Waals surface area contributed by atoms with Crippen molar-refractivity contribution in [3.63, 3.8) is 0 Å². The number of para-hydroxylation sites is 1. The Balaban J connectivity index is 1.45. The van der Waals surface area contributed by atoms with Gasteiger partial charge in [0, 0.05) is 38.6 Å². The Hall–Kier alpha value is -2.88. The van der Waals surface area contributed by atoms with Crippen molar-refractivity contribution in [2.75, 3.05) is 14.2 Å². The van der Waals surface area contributed by atoms with Crippen molar-refractivity contribution in [2.45, 2.75) is 50.5 Å². The fourth-order valence-electron chi connectivity index (χ4n) is 6.06. The highest BCUT2D eigenvalue weighted by Crippen LogP contribution is 2.44. The van der Waals surface area contributed by atoms with Crippen LogP contribution in [0.25, 0.3) is 0 Å². The van der Waals surface area contributed by atoms with E-state index in [1.807, 2.05) is 30.3 Å². The largest absolute Gasteiger partial charge is 0.496 e. The highest BCUT2D eigenvalue weighted by Gasteiger charge is 2.52. The molecule has 0 amide bonds. The van der Waals surface area contributed by atoms with Gasteiger partial charge in [0.15, 0.2) is 6.23 Å². The molecule has 0 fully saturated rings. The van der Waals surface area contributed by atoms with E-state index in [9.17, 15) is 0 Å². The monoisotopic (exact) mass is 692 g/mol. The zero-order valence-electron chi connectivity index (χ0n) is 23.7. The van der Waals surface area contributed by atoms with Crippen LogP contribution in [0.15, 0.2) is 99.9 Å². The molecule has 218 valence electrons. The van der Waals surface area contributed by atoms with Gasteiger partial charge in [-0.05, 0) is 73.2 Å². The molecule has 8 heteroatoms. The summed E-state index contributed by atoms with van der Waals surface area (Å²) < 4.78 is 27.1. The van der Waals surface area contributed by atoms with Crippen LogP contribution in [0.3, 0.4) is 0 Å². The van der Waals surface area contributed by atoms with Gasteiger partial charge in [0.1, 0.15) is 22.9 Å². The minimum Gasteiger partial charge on any atom is -0.496 e. The summed E-state index contributed by atoms with van der Waals surface area (Å²) in [6.07, 6.45) is 1.28. The van der Waals surface area contributed by atoms with E-state index < -0.39 is 12.0 Å². The Morgan fingerprint density at radius 1 is 0.810 bits per heavy atom. The Morgan fingerprint density at radius 2 is 1.48 bits per heavy atom. The number of fused-ring (bicyclic) bond motifs is 2. The maximum Gasteiger partial charge on any atom is 0.232 e. The maximum absolute atomic E-state index is 6.70. The quantitative estimate of drug-likeness (QED) is 0.184. The Morgan fingerprint density at radius 3 is 2.12 bits per heavy atom. The molecule has 0 aromatic heterocycles. The van der Waals surface area contributed by atoms with Crippen LogP contribution >= 0.6 is 31.9 Å². The third kappa shape index (κ3) is 5.83. The van der Waals surface area contributed by atoms with Crippen LogP contribution < -0.4 is 19.5 Å². The van der Waals surface area contributed by atoms with E-state index in [0.29, 0.717) is 19.5 Å². The van der Waals surface area contributed by atoms with E-state index in [1.54, 1.807) is 14.2 Å². The zero-order chi connectivity index (χ0) is 29.1. The number of hydrogen-bond donors (Lipinski definition) is 1. The van der Waals surface area contributed by atoms with Crippen molar-refractivity contribution in [2.24, 2.45) is 0 Å². The van der Waals surface area contributed by atoms with Gasteiger partial charge in [0.25, 0.3) is 0 Å². The lowest BCUT2D eigenvalue weighted by Crippen LogP contribution is -2.72. The van der Waals surface area contributed by atoms with E-state index in [2.05, 4.69) is 103 Å². The van der Waals surface area contributed by atoms with E-state index in [0.717, 1.165) is 50.2 Å². The molecule has 4 aromatic carbocycles. The molecule has 0 saturated heterocycles. The van der Waals surface area contributed by atoms with Crippen molar-refractivity contribution in [3.8, 4) is 17.2 Å². The van der Waals surface area contributed by atoms with Gasteiger partial charge >= 0.3 is 0 Å². The van der Waals surface area contributed by atoms with Crippen molar-refractivity contribution in [1.29, 1.82) is 0 Å². The molecule has 2 aliphatic rings. The van der Waals surface area contributed by atoms with Crippen molar-refractivity contribution < 1.29 is 18.9 Å². The first-order valence-corrected chi connectivity index (χ1v) is 15.7.